The number of nitrogens with zero attached hydrogens (tertiary/aromatic N) is 5. The Hall–Kier alpha value is -3.32. The molecule has 1 aromatic heterocycles. The summed E-state index contributed by atoms with van der Waals surface area (Å²) in [6, 6.07) is 4.19. The number of benzene rings is 1. The van der Waals surface area contributed by atoms with Gasteiger partial charge in [0, 0.05) is 38.0 Å². The number of thioether (sulfide) groups is 1. The number of aliphatic imine (C=N–C) groups is 1. The Balaban J connectivity index is 1.72. The van der Waals surface area contributed by atoms with E-state index in [1.54, 1.807) is 21.0 Å². The van der Waals surface area contributed by atoms with E-state index in [1.807, 2.05) is 0 Å². The fourth-order valence-electron chi connectivity index (χ4n) is 4.17. The second-order valence-electron chi connectivity index (χ2n) is 8.15. The van der Waals surface area contributed by atoms with Gasteiger partial charge in [-0.05, 0) is 37.1 Å². The molecule has 1 aliphatic carbocycles. The van der Waals surface area contributed by atoms with Crippen molar-refractivity contribution >= 4 is 40.4 Å². The predicted molar refractivity (Wildman–Crippen MR) is 120 cm³/mol. The summed E-state index contributed by atoms with van der Waals surface area (Å²) in [5, 5.41) is 0.219. The van der Waals surface area contributed by atoms with E-state index in [9.17, 15) is 13.6 Å². The number of hydrogen-bond donors (Lipinski definition) is 1. The van der Waals surface area contributed by atoms with Gasteiger partial charge in [-0.2, -0.15) is 0 Å². The molecule has 1 saturated carbocycles. The van der Waals surface area contributed by atoms with E-state index in [-0.39, 0.29) is 34.1 Å². The van der Waals surface area contributed by atoms with Crippen LogP contribution in [0.5, 0.6) is 0 Å². The van der Waals surface area contributed by atoms with Crippen molar-refractivity contribution in [3.05, 3.63) is 64.8 Å². The van der Waals surface area contributed by atoms with Gasteiger partial charge in [-0.1, -0.05) is 17.8 Å². The Morgan fingerprint density at radius 3 is 2.69 bits per heavy atom. The molecule has 0 radical (unpaired) electrons. The molecule has 1 aromatic carbocycles. The first-order valence-corrected chi connectivity index (χ1v) is 10.6. The zero-order chi connectivity index (χ0) is 23.3. The van der Waals surface area contributed by atoms with Gasteiger partial charge in [0.1, 0.15) is 10.6 Å². The SMILES string of the molecule is [C-]#[N+]c1cnc(/C(F)=C/c2ccc(F)c([C@@]3(C)N=C(N)S[C@@]4(C(=O)N(C)C)C[C@H]43)c2)nc1. The minimum Gasteiger partial charge on any atom is -0.378 e. The fraction of sp³-hybridized carbons (Fsp3) is 0.318. The Labute approximate surface area is 188 Å². The van der Waals surface area contributed by atoms with Crippen LogP contribution in [0.15, 0.2) is 35.6 Å². The van der Waals surface area contributed by atoms with Crippen LogP contribution < -0.4 is 5.73 Å². The first-order valence-electron chi connectivity index (χ1n) is 9.74. The number of halogens is 2. The third-order valence-corrected chi connectivity index (χ3v) is 7.09. The van der Waals surface area contributed by atoms with Crippen LogP contribution in [0.1, 0.15) is 30.3 Å². The molecule has 1 amide bonds. The monoisotopic (exact) mass is 454 g/mol. The standard InChI is InChI=1S/C22H20F2N6OS/c1-21(17-9-22(17,19(31)30(3)4)32-20(25)29-21)14-7-12(5-6-15(14)23)8-16(24)18-27-10-13(26-2)11-28-18/h5-8,10-11,17H,9H2,1,3-4H3,(H2,25,29)/b16-8-/t17-,21+,22-/m0/s1. The van der Waals surface area contributed by atoms with Gasteiger partial charge in [0.25, 0.3) is 0 Å². The Kier molecular flexibility index (Phi) is 5.25. The van der Waals surface area contributed by atoms with Gasteiger partial charge in [-0.15, -0.1) is 0 Å². The summed E-state index contributed by atoms with van der Waals surface area (Å²) in [7, 11) is 3.35. The van der Waals surface area contributed by atoms with Crippen LogP contribution in [0.2, 0.25) is 0 Å². The van der Waals surface area contributed by atoms with Crippen molar-refractivity contribution in [3.63, 3.8) is 0 Å². The van der Waals surface area contributed by atoms with Crippen molar-refractivity contribution in [2.45, 2.75) is 23.6 Å². The average molecular weight is 455 g/mol. The Morgan fingerprint density at radius 2 is 2.06 bits per heavy atom. The highest BCUT2D eigenvalue weighted by Gasteiger charge is 2.71. The van der Waals surface area contributed by atoms with E-state index < -0.39 is 21.9 Å². The van der Waals surface area contributed by atoms with Gasteiger partial charge in [-0.25, -0.2) is 23.6 Å². The molecule has 1 aliphatic heterocycles. The summed E-state index contributed by atoms with van der Waals surface area (Å²) in [6.07, 6.45) is 4.16. The third-order valence-electron chi connectivity index (χ3n) is 5.80. The van der Waals surface area contributed by atoms with Crippen LogP contribution in [-0.4, -0.2) is 44.8 Å². The smallest absolute Gasteiger partial charge is 0.239 e. The van der Waals surface area contributed by atoms with E-state index >= 15 is 0 Å². The van der Waals surface area contributed by atoms with Gasteiger partial charge < -0.3 is 10.6 Å². The van der Waals surface area contributed by atoms with Crippen molar-refractivity contribution in [1.82, 2.24) is 14.9 Å². The minimum atomic E-state index is -1.07. The molecule has 164 valence electrons. The molecule has 7 nitrogen and oxygen atoms in total. The zero-order valence-corrected chi connectivity index (χ0v) is 18.5. The van der Waals surface area contributed by atoms with Crippen molar-refractivity contribution in [2.24, 2.45) is 16.6 Å². The van der Waals surface area contributed by atoms with E-state index in [0.717, 1.165) is 0 Å². The van der Waals surface area contributed by atoms with Gasteiger partial charge in [0.2, 0.25) is 11.6 Å². The van der Waals surface area contributed by atoms with Crippen LogP contribution in [0.25, 0.3) is 16.7 Å². The molecule has 4 rings (SSSR count). The van der Waals surface area contributed by atoms with Crippen LogP contribution in [0.4, 0.5) is 14.5 Å². The fourth-order valence-corrected chi connectivity index (χ4v) is 5.67. The quantitative estimate of drug-likeness (QED) is 0.711. The molecule has 3 atom stereocenters. The first-order chi connectivity index (χ1) is 15.1. The molecule has 1 fully saturated rings. The molecule has 0 bridgehead atoms. The number of fused-ring (bicyclic) bond motifs is 1. The minimum absolute atomic E-state index is 0.0842. The summed E-state index contributed by atoms with van der Waals surface area (Å²) < 4.78 is 28.9. The lowest BCUT2D eigenvalue weighted by molar-refractivity contribution is -0.129. The Bertz CT molecular complexity index is 1210. The molecular formula is C22H20F2N6OS. The molecule has 2 N–H and O–H groups in total. The maximum Gasteiger partial charge on any atom is 0.239 e. The first kappa shape index (κ1) is 21.9. The molecule has 32 heavy (non-hydrogen) atoms. The Morgan fingerprint density at radius 1 is 1.38 bits per heavy atom. The van der Waals surface area contributed by atoms with E-state index in [2.05, 4.69) is 19.8 Å². The van der Waals surface area contributed by atoms with Crippen LogP contribution in [-0.2, 0) is 10.3 Å². The lowest BCUT2D eigenvalue weighted by Gasteiger charge is -2.34. The number of rotatable bonds is 4. The molecule has 0 unspecified atom stereocenters. The highest BCUT2D eigenvalue weighted by atomic mass is 32.2. The van der Waals surface area contributed by atoms with Gasteiger partial charge in [-0.3, -0.25) is 9.79 Å². The third kappa shape index (κ3) is 3.52. The van der Waals surface area contributed by atoms with Crippen LogP contribution in [0, 0.1) is 18.3 Å². The molecule has 10 heteroatoms. The van der Waals surface area contributed by atoms with Gasteiger partial charge in [0.15, 0.2) is 16.8 Å². The molecule has 2 aliphatic rings. The number of hydrogen-bond acceptors (Lipinski definition) is 6. The summed E-state index contributed by atoms with van der Waals surface area (Å²) in [5.41, 5.74) is 5.82. The van der Waals surface area contributed by atoms with Crippen molar-refractivity contribution in [1.29, 1.82) is 0 Å². The second-order valence-corrected chi connectivity index (χ2v) is 9.50. The summed E-state index contributed by atoms with van der Waals surface area (Å²) in [6.45, 7) is 8.67. The molecule has 0 saturated heterocycles. The van der Waals surface area contributed by atoms with E-state index in [4.69, 9.17) is 12.3 Å². The predicted octanol–water partition coefficient (Wildman–Crippen LogP) is 3.76. The van der Waals surface area contributed by atoms with Crippen LogP contribution >= 0.6 is 11.8 Å². The summed E-state index contributed by atoms with van der Waals surface area (Å²) in [5.74, 6) is -1.74. The molecule has 2 aromatic rings. The number of amidine groups is 1. The van der Waals surface area contributed by atoms with E-state index in [0.29, 0.717) is 12.0 Å². The zero-order valence-electron chi connectivity index (χ0n) is 17.6. The van der Waals surface area contributed by atoms with Gasteiger partial charge in [0.05, 0.1) is 12.1 Å². The van der Waals surface area contributed by atoms with Gasteiger partial charge >= 0.3 is 0 Å². The largest absolute Gasteiger partial charge is 0.378 e. The van der Waals surface area contributed by atoms with E-state index in [1.165, 1.54) is 53.3 Å². The maximum absolute atomic E-state index is 15.0. The molecule has 2 heterocycles. The maximum atomic E-state index is 15.0. The summed E-state index contributed by atoms with van der Waals surface area (Å²) >= 11 is 1.22. The number of carbonyl (C=O) groups is 1. The lowest BCUT2D eigenvalue weighted by atomic mass is 9.84. The second kappa shape index (κ2) is 7.67. The van der Waals surface area contributed by atoms with Crippen molar-refractivity contribution < 1.29 is 13.6 Å². The lowest BCUT2D eigenvalue weighted by Crippen LogP contribution is -2.43. The van der Waals surface area contributed by atoms with Crippen molar-refractivity contribution in [2.75, 3.05) is 14.1 Å². The summed E-state index contributed by atoms with van der Waals surface area (Å²) in [4.78, 5) is 29.7. The van der Waals surface area contributed by atoms with Crippen molar-refractivity contribution in [3.8, 4) is 0 Å². The number of amides is 1. The molecule has 0 spiro atoms. The topological polar surface area (TPSA) is 88.8 Å². The average Bonchev–Trinajstić information content (AvgIpc) is 3.51. The number of nitrogens with two attached hydrogens (primary N) is 1. The number of carbonyl (C=O) groups excluding carboxylic acids is 1. The normalized spacial score (nSPS) is 26.6. The highest BCUT2D eigenvalue weighted by Crippen LogP contribution is 2.66. The molecular weight excluding hydrogens is 434 g/mol. The highest BCUT2D eigenvalue weighted by molar-refractivity contribution is 8.15. The van der Waals surface area contributed by atoms with Crippen LogP contribution in [0.3, 0.4) is 0 Å². The number of aromatic nitrogens is 2.